The topological polar surface area (TPSA) is 95.6 Å². The molecule has 1 saturated heterocycles. The van der Waals surface area contributed by atoms with Crippen LogP contribution in [0.3, 0.4) is 0 Å². The average molecular weight is 551 g/mol. The highest BCUT2D eigenvalue weighted by molar-refractivity contribution is 5.91. The highest BCUT2D eigenvalue weighted by Crippen LogP contribution is 2.33. The molecule has 0 aliphatic carbocycles. The minimum Gasteiger partial charge on any atom is -0.478 e. The van der Waals surface area contributed by atoms with E-state index in [0.29, 0.717) is 36.4 Å². The van der Waals surface area contributed by atoms with Crippen LogP contribution in [0.2, 0.25) is 0 Å². The fourth-order valence-electron chi connectivity index (χ4n) is 4.75. The predicted octanol–water partition coefficient (Wildman–Crippen LogP) is 6.96. The molecular weight excluding hydrogens is 514 g/mol. The predicted molar refractivity (Wildman–Crippen MR) is 154 cm³/mol. The maximum absolute atomic E-state index is 15.2. The molecule has 3 heterocycles. The standard InChI is InChI=1S/C30H36F2N6O2/c1-6-19(4)13-22(18(2)3)15-33-20(5)37-11-9-23(10-12-37)38-16-25(32)27-28(34-17-35-29(27)38)36-26-8-7-21(30(39)40)14-24(26)31/h7-8,13-19,23H,5-6,9-12H2,1-4H3,(H,39,40)(H,34,35,36)/b22-13+,33-15-. The molecule has 0 spiro atoms. The SMILES string of the molecule is C=C(/N=C\C(=C/C(C)CC)C(C)C)N1CCC(n2cc(F)c3c(Nc4ccc(C(=O)O)cc4F)ncnc32)CC1. The van der Waals surface area contributed by atoms with Gasteiger partial charge in [0.15, 0.2) is 5.82 Å². The smallest absolute Gasteiger partial charge is 0.335 e. The number of aromatic nitrogens is 3. The van der Waals surface area contributed by atoms with Crippen molar-refractivity contribution in [1.82, 2.24) is 19.4 Å². The van der Waals surface area contributed by atoms with Crippen molar-refractivity contribution in [1.29, 1.82) is 0 Å². The molecule has 1 aliphatic rings. The van der Waals surface area contributed by atoms with Crippen molar-refractivity contribution in [2.45, 2.75) is 53.0 Å². The molecule has 2 N–H and O–H groups in total. The number of carboxylic acid groups (broad SMARTS) is 1. The molecule has 4 rings (SSSR count). The molecule has 1 atom stereocenters. The van der Waals surface area contributed by atoms with Crippen LogP contribution in [0.25, 0.3) is 11.0 Å². The summed E-state index contributed by atoms with van der Waals surface area (Å²) in [5, 5.41) is 12.0. The van der Waals surface area contributed by atoms with Crippen LogP contribution in [0.15, 0.2) is 59.8 Å². The van der Waals surface area contributed by atoms with E-state index in [-0.39, 0.29) is 28.5 Å². The summed E-state index contributed by atoms with van der Waals surface area (Å²) < 4.78 is 31.5. The van der Waals surface area contributed by atoms with Gasteiger partial charge in [-0.25, -0.2) is 28.5 Å². The van der Waals surface area contributed by atoms with Gasteiger partial charge in [0.1, 0.15) is 29.4 Å². The van der Waals surface area contributed by atoms with Crippen LogP contribution in [0.5, 0.6) is 0 Å². The molecule has 0 amide bonds. The number of benzene rings is 1. The largest absolute Gasteiger partial charge is 0.478 e. The first-order valence-electron chi connectivity index (χ1n) is 13.6. The first-order chi connectivity index (χ1) is 19.1. The summed E-state index contributed by atoms with van der Waals surface area (Å²) in [7, 11) is 0. The molecule has 1 aliphatic heterocycles. The number of nitrogens with one attached hydrogen (secondary N) is 1. The number of fused-ring (bicyclic) bond motifs is 1. The summed E-state index contributed by atoms with van der Waals surface area (Å²) in [5.41, 5.74) is 1.41. The molecule has 40 heavy (non-hydrogen) atoms. The van der Waals surface area contributed by atoms with Crippen molar-refractivity contribution in [3.05, 3.63) is 72.0 Å². The minimum absolute atomic E-state index is 0.00545. The molecule has 3 aromatic rings. The van der Waals surface area contributed by atoms with Crippen LogP contribution in [-0.4, -0.2) is 49.8 Å². The van der Waals surface area contributed by atoms with Gasteiger partial charge in [-0.2, -0.15) is 0 Å². The second-order valence-electron chi connectivity index (χ2n) is 10.5. The van der Waals surface area contributed by atoms with Gasteiger partial charge < -0.3 is 19.9 Å². The number of aromatic carboxylic acids is 1. The third-order valence-electron chi connectivity index (χ3n) is 7.41. The number of anilines is 2. The lowest BCUT2D eigenvalue weighted by Gasteiger charge is -2.34. The van der Waals surface area contributed by atoms with E-state index in [0.717, 1.165) is 25.3 Å². The second-order valence-corrected chi connectivity index (χ2v) is 10.5. The number of aliphatic imine (C=N–C) groups is 1. The number of likely N-dealkylation sites (tertiary alicyclic amines) is 1. The zero-order valence-corrected chi connectivity index (χ0v) is 23.4. The maximum atomic E-state index is 15.2. The zero-order valence-electron chi connectivity index (χ0n) is 23.4. The average Bonchev–Trinajstić information content (AvgIpc) is 3.28. The van der Waals surface area contributed by atoms with Gasteiger partial charge in [-0.15, -0.1) is 0 Å². The molecule has 2 aromatic heterocycles. The van der Waals surface area contributed by atoms with E-state index in [1.807, 2.05) is 10.8 Å². The van der Waals surface area contributed by atoms with Gasteiger partial charge in [0.2, 0.25) is 0 Å². The monoisotopic (exact) mass is 550 g/mol. The van der Waals surface area contributed by atoms with Gasteiger partial charge in [-0.05, 0) is 48.4 Å². The summed E-state index contributed by atoms with van der Waals surface area (Å²) in [6.07, 6.45) is 9.47. The van der Waals surface area contributed by atoms with E-state index in [4.69, 9.17) is 5.11 Å². The summed E-state index contributed by atoms with van der Waals surface area (Å²) in [6.45, 7) is 14.3. The van der Waals surface area contributed by atoms with E-state index in [1.165, 1.54) is 30.2 Å². The Balaban J connectivity index is 1.48. The zero-order chi connectivity index (χ0) is 29.0. The highest BCUT2D eigenvalue weighted by atomic mass is 19.1. The number of hydrogen-bond acceptors (Lipinski definition) is 6. The summed E-state index contributed by atoms with van der Waals surface area (Å²) in [6, 6.07) is 3.47. The van der Waals surface area contributed by atoms with Crippen molar-refractivity contribution >= 4 is 34.7 Å². The number of carboxylic acids is 1. The minimum atomic E-state index is -1.24. The summed E-state index contributed by atoms with van der Waals surface area (Å²) >= 11 is 0. The van der Waals surface area contributed by atoms with E-state index < -0.39 is 17.6 Å². The lowest BCUT2D eigenvalue weighted by atomic mass is 9.98. The summed E-state index contributed by atoms with van der Waals surface area (Å²) in [4.78, 5) is 26.4. The number of halogens is 2. The Kier molecular flexibility index (Phi) is 8.96. The van der Waals surface area contributed by atoms with E-state index in [2.05, 4.69) is 65.5 Å². The van der Waals surface area contributed by atoms with Crippen molar-refractivity contribution in [2.24, 2.45) is 16.8 Å². The van der Waals surface area contributed by atoms with Crippen LogP contribution >= 0.6 is 0 Å². The van der Waals surface area contributed by atoms with Crippen LogP contribution < -0.4 is 5.32 Å². The Bertz CT molecular complexity index is 1450. The van der Waals surface area contributed by atoms with Crippen LogP contribution in [0, 0.1) is 23.5 Å². The molecular formula is C30H36F2N6O2. The number of nitrogens with zero attached hydrogens (tertiary/aromatic N) is 5. The van der Waals surface area contributed by atoms with E-state index in [9.17, 15) is 9.18 Å². The summed E-state index contributed by atoms with van der Waals surface area (Å²) in [5.74, 6) is -0.865. The molecule has 1 aromatic carbocycles. The Morgan fingerprint density at radius 3 is 2.58 bits per heavy atom. The fourth-order valence-corrected chi connectivity index (χ4v) is 4.75. The molecule has 1 fully saturated rings. The third-order valence-corrected chi connectivity index (χ3v) is 7.41. The number of carbonyl (C=O) groups is 1. The quantitative estimate of drug-likeness (QED) is 0.265. The molecule has 1 unspecified atom stereocenters. The van der Waals surface area contributed by atoms with Gasteiger partial charge >= 0.3 is 5.97 Å². The van der Waals surface area contributed by atoms with Crippen LogP contribution in [0.1, 0.15) is 63.4 Å². The van der Waals surface area contributed by atoms with E-state index in [1.54, 1.807) is 0 Å². The van der Waals surface area contributed by atoms with Gasteiger partial charge in [0, 0.05) is 31.5 Å². The Morgan fingerprint density at radius 1 is 1.23 bits per heavy atom. The number of hydrogen-bond donors (Lipinski definition) is 2. The third kappa shape index (κ3) is 6.38. The van der Waals surface area contributed by atoms with Gasteiger partial charge in [0.25, 0.3) is 0 Å². The number of allylic oxidation sites excluding steroid dienone is 2. The van der Waals surface area contributed by atoms with E-state index >= 15 is 4.39 Å². The van der Waals surface area contributed by atoms with Crippen molar-refractivity contribution < 1.29 is 18.7 Å². The molecule has 0 saturated carbocycles. The van der Waals surface area contributed by atoms with Gasteiger partial charge in [-0.3, -0.25) is 0 Å². The number of piperidine rings is 1. The molecule has 10 heteroatoms. The van der Waals surface area contributed by atoms with Crippen LogP contribution in [0.4, 0.5) is 20.3 Å². The molecule has 8 nitrogen and oxygen atoms in total. The normalized spacial score (nSPS) is 15.8. The Hall–Kier alpha value is -4.08. The lowest BCUT2D eigenvalue weighted by Crippen LogP contribution is -2.33. The number of rotatable bonds is 10. The van der Waals surface area contributed by atoms with Crippen molar-refractivity contribution in [3.8, 4) is 0 Å². The van der Waals surface area contributed by atoms with Crippen LogP contribution in [-0.2, 0) is 0 Å². The molecule has 0 radical (unpaired) electrons. The molecule has 0 bridgehead atoms. The fraction of sp³-hybridized carbons (Fsp3) is 0.400. The lowest BCUT2D eigenvalue weighted by molar-refractivity contribution is 0.0696. The van der Waals surface area contributed by atoms with Crippen molar-refractivity contribution in [2.75, 3.05) is 18.4 Å². The molecule has 212 valence electrons. The highest BCUT2D eigenvalue weighted by Gasteiger charge is 2.25. The first kappa shape index (κ1) is 28.9. The Morgan fingerprint density at radius 2 is 1.95 bits per heavy atom. The van der Waals surface area contributed by atoms with Gasteiger partial charge in [0.05, 0.1) is 16.6 Å². The van der Waals surface area contributed by atoms with Crippen molar-refractivity contribution in [3.63, 3.8) is 0 Å². The van der Waals surface area contributed by atoms with Gasteiger partial charge in [-0.1, -0.05) is 46.8 Å². The Labute approximate surface area is 233 Å². The maximum Gasteiger partial charge on any atom is 0.335 e. The first-order valence-corrected chi connectivity index (χ1v) is 13.6. The second kappa shape index (κ2) is 12.4.